The maximum Gasteiger partial charge on any atom is 0.259 e. The molecule has 1 fully saturated rings. The largest absolute Gasteiger partial charge is 0.497 e. The van der Waals surface area contributed by atoms with E-state index >= 15 is 0 Å². The van der Waals surface area contributed by atoms with Gasteiger partial charge in [0.15, 0.2) is 0 Å². The minimum Gasteiger partial charge on any atom is -0.497 e. The van der Waals surface area contributed by atoms with Gasteiger partial charge in [0.05, 0.1) is 19.8 Å². The first-order valence-corrected chi connectivity index (χ1v) is 13.3. The number of carbonyl (C=O) groups is 1. The quantitative estimate of drug-likeness (QED) is 0.577. The van der Waals surface area contributed by atoms with Crippen LogP contribution in [0, 0.1) is 23.7 Å². The van der Waals surface area contributed by atoms with Gasteiger partial charge in [-0.05, 0) is 63.1 Å². The van der Waals surface area contributed by atoms with Crippen molar-refractivity contribution in [3.63, 3.8) is 0 Å². The first-order chi connectivity index (χ1) is 17.9. The average molecular weight is 506 g/mol. The third kappa shape index (κ3) is 6.82. The van der Waals surface area contributed by atoms with Crippen LogP contribution in [0.5, 0.6) is 11.6 Å². The predicted octanol–water partition coefficient (Wildman–Crippen LogP) is 3.83. The zero-order valence-corrected chi connectivity index (χ0v) is 22.4. The number of amides is 1. The summed E-state index contributed by atoms with van der Waals surface area (Å²) in [6.45, 7) is 6.19. The molecule has 0 spiro atoms. The molecule has 1 amide bonds. The van der Waals surface area contributed by atoms with E-state index in [2.05, 4.69) is 35.7 Å². The highest BCUT2D eigenvalue weighted by Crippen LogP contribution is 2.29. The number of aliphatic hydroxyl groups excluding tert-OH is 1. The summed E-state index contributed by atoms with van der Waals surface area (Å²) in [4.78, 5) is 22.3. The second-order valence-electron chi connectivity index (χ2n) is 10.5. The van der Waals surface area contributed by atoms with Crippen LogP contribution in [-0.4, -0.2) is 78.3 Å². The van der Waals surface area contributed by atoms with Crippen molar-refractivity contribution in [2.75, 3.05) is 40.4 Å². The highest BCUT2D eigenvalue weighted by molar-refractivity contribution is 5.97. The lowest BCUT2D eigenvalue weighted by Crippen LogP contribution is -2.50. The molecule has 2 aromatic rings. The van der Waals surface area contributed by atoms with Gasteiger partial charge < -0.3 is 24.4 Å². The molecule has 1 aliphatic carbocycles. The number of hydrogen-bond donors (Lipinski definition) is 1. The summed E-state index contributed by atoms with van der Waals surface area (Å²) in [5.74, 6) is 7.98. The number of ether oxygens (including phenoxy) is 2. The van der Waals surface area contributed by atoms with E-state index in [1.807, 2.05) is 31.2 Å². The molecule has 37 heavy (non-hydrogen) atoms. The van der Waals surface area contributed by atoms with Crippen LogP contribution in [0.4, 0.5) is 0 Å². The Morgan fingerprint density at radius 1 is 1.19 bits per heavy atom. The minimum absolute atomic E-state index is 0.0773. The van der Waals surface area contributed by atoms with E-state index in [1.54, 1.807) is 24.3 Å². The second-order valence-corrected chi connectivity index (χ2v) is 10.5. The van der Waals surface area contributed by atoms with Gasteiger partial charge >= 0.3 is 0 Å². The van der Waals surface area contributed by atoms with Crippen molar-refractivity contribution in [1.29, 1.82) is 0 Å². The molecule has 1 aromatic carbocycles. The van der Waals surface area contributed by atoms with Crippen molar-refractivity contribution in [1.82, 2.24) is 14.8 Å². The smallest absolute Gasteiger partial charge is 0.259 e. The number of rotatable bonds is 7. The summed E-state index contributed by atoms with van der Waals surface area (Å²) in [5, 5.41) is 9.89. The molecule has 7 heteroatoms. The maximum atomic E-state index is 13.6. The lowest BCUT2D eigenvalue weighted by atomic mass is 9.99. The van der Waals surface area contributed by atoms with Crippen LogP contribution >= 0.6 is 0 Å². The number of nitrogens with zero attached hydrogens (tertiary/aromatic N) is 3. The Labute approximate surface area is 220 Å². The second kappa shape index (κ2) is 12.4. The minimum atomic E-state index is -0.313. The van der Waals surface area contributed by atoms with E-state index in [-0.39, 0.29) is 30.6 Å². The molecule has 1 aromatic heterocycles. The summed E-state index contributed by atoms with van der Waals surface area (Å²) in [7, 11) is 3.78. The highest BCUT2D eigenvalue weighted by Gasteiger charge is 2.34. The van der Waals surface area contributed by atoms with Crippen LogP contribution in [0.3, 0.4) is 0 Å². The van der Waals surface area contributed by atoms with Gasteiger partial charge in [-0.3, -0.25) is 4.79 Å². The molecule has 1 N–H and O–H groups in total. The van der Waals surface area contributed by atoms with Crippen LogP contribution < -0.4 is 9.47 Å². The Bertz CT molecular complexity index is 1120. The van der Waals surface area contributed by atoms with Crippen LogP contribution in [0.25, 0.3) is 0 Å². The van der Waals surface area contributed by atoms with Gasteiger partial charge in [-0.2, -0.15) is 0 Å². The molecule has 4 rings (SSSR count). The molecule has 0 bridgehead atoms. The highest BCUT2D eigenvalue weighted by atomic mass is 16.5. The number of methoxy groups -OCH3 is 1. The fourth-order valence-electron chi connectivity index (χ4n) is 5.22. The molecule has 3 atom stereocenters. The topological polar surface area (TPSA) is 75.1 Å². The molecule has 7 nitrogen and oxygen atoms in total. The van der Waals surface area contributed by atoms with Crippen molar-refractivity contribution in [2.24, 2.45) is 11.8 Å². The summed E-state index contributed by atoms with van der Waals surface area (Å²) < 4.78 is 11.6. The standard InChI is InChI=1S/C30H39N3O4/c1-21-17-33(22(2)20-34)30(35)27-15-25(10-9-23-11-13-26(36-4)14-12-23)16-31-29(27)37-28(21)19-32(3)18-24-7-5-6-8-24/h11-16,21-22,24,28,34H,5-8,17-20H2,1-4H3/t21-,22+,28-/m1/s1. The first-order valence-electron chi connectivity index (χ1n) is 13.3. The Morgan fingerprint density at radius 2 is 1.89 bits per heavy atom. The van der Waals surface area contributed by atoms with Gasteiger partial charge in [0, 0.05) is 42.9 Å². The molecule has 1 saturated carbocycles. The summed E-state index contributed by atoms with van der Waals surface area (Å²) in [5.41, 5.74) is 1.86. The summed E-state index contributed by atoms with van der Waals surface area (Å²) in [6.07, 6.45) is 6.78. The molecule has 1 aliphatic heterocycles. The maximum absolute atomic E-state index is 13.6. The average Bonchev–Trinajstić information content (AvgIpc) is 3.42. The Hall–Kier alpha value is -3.08. The number of hydrogen-bond acceptors (Lipinski definition) is 6. The molecule has 2 aliphatic rings. The summed E-state index contributed by atoms with van der Waals surface area (Å²) >= 11 is 0. The van der Waals surface area contributed by atoms with E-state index < -0.39 is 0 Å². The lowest BCUT2D eigenvalue weighted by Gasteiger charge is -2.38. The normalized spacial score (nSPS) is 20.9. The van der Waals surface area contributed by atoms with Gasteiger partial charge in [-0.25, -0.2) is 4.98 Å². The molecule has 0 unspecified atom stereocenters. The fraction of sp³-hybridized carbons (Fsp3) is 0.533. The molecule has 2 heterocycles. The monoisotopic (exact) mass is 505 g/mol. The van der Waals surface area contributed by atoms with Crippen molar-refractivity contribution < 1.29 is 19.4 Å². The van der Waals surface area contributed by atoms with E-state index in [0.717, 1.165) is 30.3 Å². The molecule has 198 valence electrons. The van der Waals surface area contributed by atoms with Crippen molar-refractivity contribution in [3.05, 3.63) is 53.2 Å². The van der Waals surface area contributed by atoms with Crippen LogP contribution in [0.15, 0.2) is 36.5 Å². The lowest BCUT2D eigenvalue weighted by molar-refractivity contribution is 0.0320. The molecule has 0 radical (unpaired) electrons. The van der Waals surface area contributed by atoms with Gasteiger partial charge in [0.25, 0.3) is 5.91 Å². The number of likely N-dealkylation sites (N-methyl/N-ethyl adjacent to an activating group) is 1. The fourth-order valence-corrected chi connectivity index (χ4v) is 5.22. The number of pyridine rings is 1. The van der Waals surface area contributed by atoms with Gasteiger partial charge in [-0.1, -0.05) is 31.6 Å². The number of aliphatic hydroxyl groups is 1. The molecule has 0 saturated heterocycles. The SMILES string of the molecule is COc1ccc(C#Cc2cnc3c(c2)C(=O)N([C@@H](C)CO)C[C@@H](C)[C@@H](CN(C)CC2CCCC2)O3)cc1. The van der Waals surface area contributed by atoms with E-state index in [1.165, 1.54) is 25.7 Å². The summed E-state index contributed by atoms with van der Waals surface area (Å²) in [6, 6.07) is 8.94. The van der Waals surface area contributed by atoms with E-state index in [4.69, 9.17) is 9.47 Å². The molecular formula is C30H39N3O4. The zero-order valence-electron chi connectivity index (χ0n) is 22.4. The number of benzene rings is 1. The number of fused-ring (bicyclic) bond motifs is 1. The van der Waals surface area contributed by atoms with Gasteiger partial charge in [0.2, 0.25) is 5.88 Å². The Balaban J connectivity index is 1.60. The van der Waals surface area contributed by atoms with Gasteiger partial charge in [0.1, 0.15) is 17.4 Å². The Kier molecular flexibility index (Phi) is 9.07. The van der Waals surface area contributed by atoms with E-state index in [0.29, 0.717) is 23.6 Å². The zero-order chi connectivity index (χ0) is 26.4. The van der Waals surface area contributed by atoms with Crippen LogP contribution in [-0.2, 0) is 0 Å². The van der Waals surface area contributed by atoms with Crippen LogP contribution in [0.2, 0.25) is 0 Å². The van der Waals surface area contributed by atoms with Gasteiger partial charge in [-0.15, -0.1) is 0 Å². The van der Waals surface area contributed by atoms with Crippen molar-refractivity contribution in [2.45, 2.75) is 51.7 Å². The first kappa shape index (κ1) is 27.0. The third-order valence-electron chi connectivity index (χ3n) is 7.50. The predicted molar refractivity (Wildman–Crippen MR) is 144 cm³/mol. The van der Waals surface area contributed by atoms with Crippen molar-refractivity contribution in [3.8, 4) is 23.5 Å². The van der Waals surface area contributed by atoms with E-state index in [9.17, 15) is 9.90 Å². The third-order valence-corrected chi connectivity index (χ3v) is 7.50. The Morgan fingerprint density at radius 3 is 2.57 bits per heavy atom. The molecular weight excluding hydrogens is 466 g/mol. The van der Waals surface area contributed by atoms with Crippen LogP contribution in [0.1, 0.15) is 61.0 Å². The van der Waals surface area contributed by atoms with Crippen molar-refractivity contribution >= 4 is 5.91 Å². The number of carbonyl (C=O) groups excluding carboxylic acids is 1. The number of aromatic nitrogens is 1.